The van der Waals surface area contributed by atoms with Gasteiger partial charge in [0, 0.05) is 61.3 Å². The average molecular weight is 613 g/mol. The Balaban J connectivity index is 0.000000345. The van der Waals surface area contributed by atoms with E-state index in [0.717, 1.165) is 44.6 Å². The van der Waals surface area contributed by atoms with Gasteiger partial charge in [0.25, 0.3) is 0 Å². The van der Waals surface area contributed by atoms with Crippen molar-refractivity contribution in [3.63, 3.8) is 0 Å². The number of nitrogens with one attached hydrogen (secondary N) is 1. The van der Waals surface area contributed by atoms with Crippen LogP contribution in [0.25, 0.3) is 0 Å². The molecule has 1 amide bonds. The van der Waals surface area contributed by atoms with Crippen LogP contribution in [-0.2, 0) is 32.3 Å². The van der Waals surface area contributed by atoms with Gasteiger partial charge in [0.05, 0.1) is 12.8 Å². The summed E-state index contributed by atoms with van der Waals surface area (Å²) in [6, 6.07) is 13.3. The molecule has 0 spiro atoms. The molecule has 2 aliphatic heterocycles. The van der Waals surface area contributed by atoms with Gasteiger partial charge in [-0.15, -0.1) is 0 Å². The molecule has 0 atom stereocenters. The summed E-state index contributed by atoms with van der Waals surface area (Å²) in [5.41, 5.74) is 1.07. The maximum absolute atomic E-state index is 12.1. The third-order valence-electron chi connectivity index (χ3n) is 7.81. The number of carbonyl (C=O) groups excluding carboxylic acids is 1. The van der Waals surface area contributed by atoms with E-state index >= 15 is 0 Å². The van der Waals surface area contributed by atoms with Crippen molar-refractivity contribution >= 4 is 29.5 Å². The van der Waals surface area contributed by atoms with E-state index < -0.39 is 36.4 Å². The molecule has 12 nitrogen and oxygen atoms in total. The van der Waals surface area contributed by atoms with E-state index in [4.69, 9.17) is 20.4 Å². The number of hydrogen-bond donors (Lipinski definition) is 5. The van der Waals surface area contributed by atoms with Crippen molar-refractivity contribution in [3.8, 4) is 0 Å². The van der Waals surface area contributed by atoms with E-state index in [9.17, 15) is 19.2 Å². The smallest absolute Gasteiger partial charge is 0.336 e. The molecule has 44 heavy (non-hydrogen) atoms. The number of nitrogens with zero attached hydrogens (tertiary/aromatic N) is 3. The molecule has 1 aromatic carbocycles. The highest BCUT2D eigenvalue weighted by Crippen LogP contribution is 2.33. The zero-order valence-corrected chi connectivity index (χ0v) is 25.8. The Labute approximate surface area is 257 Å². The first kappa shape index (κ1) is 34.6. The van der Waals surface area contributed by atoms with Crippen LogP contribution in [0.3, 0.4) is 0 Å². The minimum atomic E-state index is -2.74. The van der Waals surface area contributed by atoms with Gasteiger partial charge in [-0.05, 0) is 82.3 Å². The fraction of sp³-hybridized carbons (Fsp3) is 0.531. The van der Waals surface area contributed by atoms with Gasteiger partial charge in [-0.2, -0.15) is 0 Å². The van der Waals surface area contributed by atoms with Crippen LogP contribution in [0.2, 0.25) is 0 Å². The maximum Gasteiger partial charge on any atom is 0.336 e. The SMILES string of the molecule is CC1(C)CC(N(Cc2ccncc2)Cc2ccc(N3CCCC3=O)cc2)CC(C)(C)N1.O=C(O)CC(O)(CC(=O)O)C(=O)O. The minimum absolute atomic E-state index is 0.100. The summed E-state index contributed by atoms with van der Waals surface area (Å²) in [5, 5.41) is 37.6. The van der Waals surface area contributed by atoms with Crippen LogP contribution in [0.1, 0.15) is 77.3 Å². The Morgan fingerprint density at radius 2 is 1.41 bits per heavy atom. The fourth-order valence-corrected chi connectivity index (χ4v) is 6.21. The Morgan fingerprint density at radius 1 is 0.909 bits per heavy atom. The summed E-state index contributed by atoms with van der Waals surface area (Å²) in [7, 11) is 0. The quantitative estimate of drug-likeness (QED) is 0.251. The molecule has 3 heterocycles. The molecule has 5 N–H and O–H groups in total. The summed E-state index contributed by atoms with van der Waals surface area (Å²) < 4.78 is 0. The first-order chi connectivity index (χ1) is 20.5. The van der Waals surface area contributed by atoms with Crippen molar-refractivity contribution < 1.29 is 39.6 Å². The van der Waals surface area contributed by atoms with Crippen molar-refractivity contribution in [1.29, 1.82) is 0 Å². The molecule has 1 aromatic heterocycles. The van der Waals surface area contributed by atoms with Crippen LogP contribution in [0.5, 0.6) is 0 Å². The highest BCUT2D eigenvalue weighted by molar-refractivity contribution is 5.95. The van der Waals surface area contributed by atoms with Crippen molar-refractivity contribution in [2.24, 2.45) is 0 Å². The van der Waals surface area contributed by atoms with Gasteiger partial charge >= 0.3 is 17.9 Å². The Morgan fingerprint density at radius 3 is 1.84 bits per heavy atom. The lowest BCUT2D eigenvalue weighted by Crippen LogP contribution is -2.62. The zero-order valence-electron chi connectivity index (χ0n) is 25.8. The monoisotopic (exact) mass is 612 g/mol. The summed E-state index contributed by atoms with van der Waals surface area (Å²) in [4.78, 5) is 51.3. The molecule has 0 aliphatic carbocycles. The van der Waals surface area contributed by atoms with Gasteiger partial charge in [0.15, 0.2) is 5.60 Å². The Bertz CT molecular complexity index is 1280. The predicted octanol–water partition coefficient (Wildman–Crippen LogP) is 3.27. The number of hydrogen-bond acceptors (Lipinski definition) is 8. The first-order valence-corrected chi connectivity index (χ1v) is 14.7. The third kappa shape index (κ3) is 10.1. The van der Waals surface area contributed by atoms with E-state index in [2.05, 4.69) is 79.3 Å². The molecule has 2 aromatic rings. The molecule has 2 saturated heterocycles. The molecule has 0 saturated carbocycles. The van der Waals surface area contributed by atoms with Crippen LogP contribution in [0.15, 0.2) is 48.8 Å². The Hall–Kier alpha value is -3.87. The van der Waals surface area contributed by atoms with Gasteiger partial charge in [-0.3, -0.25) is 24.3 Å². The average Bonchev–Trinajstić information content (AvgIpc) is 3.32. The standard InChI is InChI=1S/C26H36N4O.C6H8O7/c1-25(2)16-23(17-26(3,4)28-25)29(19-21-11-13-27-14-12-21)18-20-7-9-22(10-8-20)30-15-5-6-24(30)31;7-3(8)1-6(13,5(11)12)2-4(9)10/h7-14,23,28H,5-6,15-19H2,1-4H3;13H,1-2H2,(H,7,8)(H,9,10)(H,11,12). The number of carboxylic acid groups (broad SMARTS) is 3. The van der Waals surface area contributed by atoms with Gasteiger partial charge in [-0.25, -0.2) is 4.79 Å². The number of piperidine rings is 1. The molecular weight excluding hydrogens is 568 g/mol. The molecule has 12 heteroatoms. The molecule has 0 radical (unpaired) electrons. The lowest BCUT2D eigenvalue weighted by Gasteiger charge is -2.49. The number of anilines is 1. The number of amides is 1. The number of carbonyl (C=O) groups is 4. The predicted molar refractivity (Wildman–Crippen MR) is 163 cm³/mol. The van der Waals surface area contributed by atoms with E-state index in [-0.39, 0.29) is 17.0 Å². The van der Waals surface area contributed by atoms with Gasteiger partial charge in [0.2, 0.25) is 5.91 Å². The van der Waals surface area contributed by atoms with Crippen molar-refractivity contribution in [1.82, 2.24) is 15.2 Å². The number of aliphatic carboxylic acids is 3. The van der Waals surface area contributed by atoms with Crippen molar-refractivity contribution in [2.45, 2.75) is 102 Å². The summed E-state index contributed by atoms with van der Waals surface area (Å²) in [6.45, 7) is 11.9. The van der Waals surface area contributed by atoms with Gasteiger partial charge in [-0.1, -0.05) is 12.1 Å². The zero-order chi connectivity index (χ0) is 32.7. The van der Waals surface area contributed by atoms with Crippen LogP contribution >= 0.6 is 0 Å². The lowest BCUT2D eigenvalue weighted by atomic mass is 9.79. The number of carboxylic acids is 3. The van der Waals surface area contributed by atoms with Crippen LogP contribution in [0.4, 0.5) is 5.69 Å². The summed E-state index contributed by atoms with van der Waals surface area (Å²) in [6.07, 6.45) is 5.33. The summed E-state index contributed by atoms with van der Waals surface area (Å²) in [5.74, 6) is -4.78. The van der Waals surface area contributed by atoms with E-state index in [1.165, 1.54) is 11.1 Å². The first-order valence-electron chi connectivity index (χ1n) is 14.7. The largest absolute Gasteiger partial charge is 0.481 e. The second kappa shape index (κ2) is 14.3. The van der Waals surface area contributed by atoms with Crippen molar-refractivity contribution in [3.05, 3.63) is 59.9 Å². The van der Waals surface area contributed by atoms with Gasteiger partial charge in [0.1, 0.15) is 0 Å². The number of benzene rings is 1. The Kier molecular flexibility index (Phi) is 11.2. The minimum Gasteiger partial charge on any atom is -0.481 e. The number of rotatable bonds is 11. The number of aromatic nitrogens is 1. The second-order valence-corrected chi connectivity index (χ2v) is 13.0. The highest BCUT2D eigenvalue weighted by Gasteiger charge is 2.41. The lowest BCUT2D eigenvalue weighted by molar-refractivity contribution is -0.170. The molecule has 240 valence electrons. The van der Waals surface area contributed by atoms with Crippen LogP contribution in [0, 0.1) is 0 Å². The van der Waals surface area contributed by atoms with E-state index in [0.29, 0.717) is 12.5 Å². The van der Waals surface area contributed by atoms with Gasteiger partial charge < -0.3 is 30.6 Å². The third-order valence-corrected chi connectivity index (χ3v) is 7.81. The topological polar surface area (TPSA) is 181 Å². The molecule has 0 bridgehead atoms. The van der Waals surface area contributed by atoms with E-state index in [1.54, 1.807) is 0 Å². The van der Waals surface area contributed by atoms with Crippen molar-refractivity contribution in [2.75, 3.05) is 11.4 Å². The molecule has 2 aliphatic rings. The molecule has 4 rings (SSSR count). The summed E-state index contributed by atoms with van der Waals surface area (Å²) >= 11 is 0. The molecular formula is C32H44N4O8. The maximum atomic E-state index is 12.1. The fourth-order valence-electron chi connectivity index (χ4n) is 6.21. The normalized spacial score (nSPS) is 18.0. The second-order valence-electron chi connectivity index (χ2n) is 13.0. The molecule has 0 unspecified atom stereocenters. The van der Waals surface area contributed by atoms with E-state index in [1.807, 2.05) is 17.3 Å². The number of aliphatic hydroxyl groups is 1. The van der Waals surface area contributed by atoms with Crippen LogP contribution in [-0.4, -0.2) is 83.4 Å². The number of pyridine rings is 1. The highest BCUT2D eigenvalue weighted by atomic mass is 16.4. The van der Waals surface area contributed by atoms with Crippen LogP contribution < -0.4 is 10.2 Å². The molecule has 2 fully saturated rings.